The summed E-state index contributed by atoms with van der Waals surface area (Å²) in [4.78, 5) is 13.2. The van der Waals surface area contributed by atoms with Gasteiger partial charge >= 0.3 is 0 Å². The lowest BCUT2D eigenvalue weighted by atomic mass is 10.2. The molecule has 0 saturated heterocycles. The largest absolute Gasteiger partial charge is 0.395 e. The first-order valence-electron chi connectivity index (χ1n) is 5.46. The summed E-state index contributed by atoms with van der Waals surface area (Å²) in [7, 11) is 1.70. The summed E-state index contributed by atoms with van der Waals surface area (Å²) in [6.07, 6.45) is 0. The number of anilines is 2. The Labute approximate surface area is 101 Å². The van der Waals surface area contributed by atoms with Crippen molar-refractivity contribution in [2.45, 2.75) is 19.9 Å². The van der Waals surface area contributed by atoms with Gasteiger partial charge in [0.05, 0.1) is 17.9 Å². The fraction of sp³-hybridized carbons (Fsp3) is 0.417. The van der Waals surface area contributed by atoms with Crippen molar-refractivity contribution in [3.8, 4) is 0 Å². The molecule has 94 valence electrons. The van der Waals surface area contributed by atoms with Gasteiger partial charge in [0.2, 0.25) is 5.91 Å². The first-order valence-corrected chi connectivity index (χ1v) is 5.46. The van der Waals surface area contributed by atoms with E-state index in [-0.39, 0.29) is 24.2 Å². The summed E-state index contributed by atoms with van der Waals surface area (Å²) in [6.45, 7) is 3.91. The highest BCUT2D eigenvalue weighted by Gasteiger charge is 2.12. The Kier molecular flexibility index (Phi) is 4.31. The molecule has 0 spiro atoms. The van der Waals surface area contributed by atoms with Crippen LogP contribution in [0.15, 0.2) is 18.2 Å². The number of carbonyl (C=O) groups excluding carboxylic acids is 1. The molecule has 17 heavy (non-hydrogen) atoms. The van der Waals surface area contributed by atoms with Crippen molar-refractivity contribution in [1.82, 2.24) is 5.32 Å². The van der Waals surface area contributed by atoms with Crippen LogP contribution in [0.4, 0.5) is 15.8 Å². The highest BCUT2D eigenvalue weighted by molar-refractivity contribution is 5.83. The predicted octanol–water partition coefficient (Wildman–Crippen LogP) is 1.37. The second kappa shape index (κ2) is 5.52. The minimum Gasteiger partial charge on any atom is -0.395 e. The van der Waals surface area contributed by atoms with E-state index in [1.54, 1.807) is 24.1 Å². The predicted molar refractivity (Wildman–Crippen MR) is 67.4 cm³/mol. The number of amides is 1. The monoisotopic (exact) mass is 239 g/mol. The molecule has 0 heterocycles. The number of nitrogens with one attached hydrogen (secondary N) is 1. The van der Waals surface area contributed by atoms with Crippen LogP contribution in [0.2, 0.25) is 0 Å². The van der Waals surface area contributed by atoms with Crippen LogP contribution in [0.5, 0.6) is 0 Å². The molecule has 4 nitrogen and oxygen atoms in total. The molecule has 0 aliphatic rings. The zero-order chi connectivity index (χ0) is 13.0. The SMILES string of the molecule is CC(C)NC(=O)CN(C)c1cccc(F)c1N. The number of carbonyl (C=O) groups is 1. The van der Waals surface area contributed by atoms with Crippen molar-refractivity contribution < 1.29 is 9.18 Å². The molecule has 0 aliphatic carbocycles. The van der Waals surface area contributed by atoms with Crippen molar-refractivity contribution >= 4 is 17.3 Å². The van der Waals surface area contributed by atoms with Crippen molar-refractivity contribution in [3.05, 3.63) is 24.0 Å². The molecule has 1 aromatic carbocycles. The number of hydrogen-bond donors (Lipinski definition) is 2. The summed E-state index contributed by atoms with van der Waals surface area (Å²) in [5.41, 5.74) is 6.19. The van der Waals surface area contributed by atoms with Gasteiger partial charge in [-0.1, -0.05) is 6.07 Å². The number of nitrogens with zero attached hydrogens (tertiary/aromatic N) is 1. The van der Waals surface area contributed by atoms with Crippen LogP contribution < -0.4 is 16.0 Å². The molecule has 1 rings (SSSR count). The molecule has 1 amide bonds. The van der Waals surface area contributed by atoms with Crippen LogP contribution in [0, 0.1) is 5.82 Å². The topological polar surface area (TPSA) is 58.4 Å². The molecule has 0 unspecified atom stereocenters. The second-order valence-electron chi connectivity index (χ2n) is 4.25. The van der Waals surface area contributed by atoms with Gasteiger partial charge in [-0.25, -0.2) is 4.39 Å². The third kappa shape index (κ3) is 3.62. The van der Waals surface area contributed by atoms with E-state index in [9.17, 15) is 9.18 Å². The molecule has 0 aliphatic heterocycles. The Hall–Kier alpha value is -1.78. The standard InChI is InChI=1S/C12H18FN3O/c1-8(2)15-11(17)7-16(3)10-6-4-5-9(13)12(10)14/h4-6,8H,7,14H2,1-3H3,(H,15,17). The van der Waals surface area contributed by atoms with Crippen molar-refractivity contribution in [2.24, 2.45) is 0 Å². The molecule has 1 aromatic rings. The van der Waals surface area contributed by atoms with Gasteiger partial charge in [-0.05, 0) is 26.0 Å². The van der Waals surface area contributed by atoms with Gasteiger partial charge in [0.25, 0.3) is 0 Å². The molecule has 0 fully saturated rings. The molecule has 0 bridgehead atoms. The van der Waals surface area contributed by atoms with Gasteiger partial charge in [-0.2, -0.15) is 0 Å². The average Bonchev–Trinajstić information content (AvgIpc) is 2.20. The number of hydrogen-bond acceptors (Lipinski definition) is 3. The van der Waals surface area contributed by atoms with E-state index in [2.05, 4.69) is 5.32 Å². The average molecular weight is 239 g/mol. The van der Waals surface area contributed by atoms with Crippen LogP contribution in [0.1, 0.15) is 13.8 Å². The Bertz CT molecular complexity index is 407. The lowest BCUT2D eigenvalue weighted by Crippen LogP contribution is -2.38. The van der Waals surface area contributed by atoms with E-state index in [1.165, 1.54) is 6.07 Å². The molecule has 0 saturated carbocycles. The quantitative estimate of drug-likeness (QED) is 0.780. The molecular formula is C12H18FN3O. The highest BCUT2D eigenvalue weighted by Crippen LogP contribution is 2.24. The van der Waals surface area contributed by atoms with Crippen molar-refractivity contribution in [1.29, 1.82) is 0 Å². The maximum absolute atomic E-state index is 13.2. The first kappa shape index (κ1) is 13.3. The minimum atomic E-state index is -0.474. The fourth-order valence-corrected chi connectivity index (χ4v) is 1.53. The van der Waals surface area contributed by atoms with Crippen molar-refractivity contribution in [2.75, 3.05) is 24.2 Å². The molecule has 0 aromatic heterocycles. The number of nitrogen functional groups attached to an aromatic ring is 1. The summed E-state index contributed by atoms with van der Waals surface area (Å²) >= 11 is 0. The zero-order valence-corrected chi connectivity index (χ0v) is 10.3. The van der Waals surface area contributed by atoms with Gasteiger partial charge in [0.15, 0.2) is 0 Å². The number of para-hydroxylation sites is 1. The maximum Gasteiger partial charge on any atom is 0.239 e. The number of nitrogens with two attached hydrogens (primary N) is 1. The third-order valence-electron chi connectivity index (χ3n) is 2.27. The van der Waals surface area contributed by atoms with Gasteiger partial charge in [-0.3, -0.25) is 4.79 Å². The van der Waals surface area contributed by atoms with Gasteiger partial charge in [0, 0.05) is 13.1 Å². The van der Waals surface area contributed by atoms with E-state index >= 15 is 0 Å². The fourth-order valence-electron chi connectivity index (χ4n) is 1.53. The number of halogens is 1. The normalized spacial score (nSPS) is 10.4. The Morgan fingerprint density at radius 2 is 2.18 bits per heavy atom. The summed E-state index contributed by atoms with van der Waals surface area (Å²) in [6, 6.07) is 4.63. The highest BCUT2D eigenvalue weighted by atomic mass is 19.1. The van der Waals surface area contributed by atoms with Crippen LogP contribution in [0.3, 0.4) is 0 Å². The van der Waals surface area contributed by atoms with E-state index in [0.717, 1.165) is 0 Å². The van der Waals surface area contributed by atoms with Gasteiger partial charge < -0.3 is 16.0 Å². The number of rotatable bonds is 4. The smallest absolute Gasteiger partial charge is 0.239 e. The summed E-state index contributed by atoms with van der Waals surface area (Å²) in [5.74, 6) is -0.593. The Balaban J connectivity index is 2.73. The van der Waals surface area contributed by atoms with Crippen LogP contribution in [-0.2, 0) is 4.79 Å². The zero-order valence-electron chi connectivity index (χ0n) is 10.3. The molecule has 5 heteroatoms. The Morgan fingerprint density at radius 3 is 2.76 bits per heavy atom. The van der Waals surface area contributed by atoms with Crippen LogP contribution in [0.25, 0.3) is 0 Å². The lowest BCUT2D eigenvalue weighted by Gasteiger charge is -2.21. The maximum atomic E-state index is 13.2. The number of benzene rings is 1. The molecule has 0 radical (unpaired) electrons. The van der Waals surface area contributed by atoms with Gasteiger partial charge in [-0.15, -0.1) is 0 Å². The molecule has 0 atom stereocenters. The van der Waals surface area contributed by atoms with Crippen LogP contribution >= 0.6 is 0 Å². The Morgan fingerprint density at radius 1 is 1.53 bits per heavy atom. The minimum absolute atomic E-state index is 0.0624. The summed E-state index contributed by atoms with van der Waals surface area (Å²) in [5, 5.41) is 2.76. The van der Waals surface area contributed by atoms with E-state index in [4.69, 9.17) is 5.73 Å². The van der Waals surface area contributed by atoms with E-state index < -0.39 is 5.82 Å². The number of likely N-dealkylation sites (N-methyl/N-ethyl adjacent to an activating group) is 1. The van der Waals surface area contributed by atoms with E-state index in [1.807, 2.05) is 13.8 Å². The van der Waals surface area contributed by atoms with E-state index in [0.29, 0.717) is 5.69 Å². The van der Waals surface area contributed by atoms with Gasteiger partial charge in [0.1, 0.15) is 5.82 Å². The molecular weight excluding hydrogens is 221 g/mol. The second-order valence-corrected chi connectivity index (χ2v) is 4.25. The van der Waals surface area contributed by atoms with Crippen molar-refractivity contribution in [3.63, 3.8) is 0 Å². The van der Waals surface area contributed by atoms with Crippen LogP contribution in [-0.4, -0.2) is 25.5 Å². The first-order chi connectivity index (χ1) is 7.91. The third-order valence-corrected chi connectivity index (χ3v) is 2.27. The lowest BCUT2D eigenvalue weighted by molar-refractivity contribution is -0.120. The summed E-state index contributed by atoms with van der Waals surface area (Å²) < 4.78 is 13.2. The molecule has 3 N–H and O–H groups in total.